The van der Waals surface area contributed by atoms with Crippen LogP contribution in [0.15, 0.2) is 59.8 Å². The molecule has 6 nitrogen and oxygen atoms in total. The molecule has 4 aromatic rings. The van der Waals surface area contributed by atoms with E-state index in [-0.39, 0.29) is 23.2 Å². The van der Waals surface area contributed by atoms with Crippen LogP contribution in [-0.2, 0) is 11.3 Å². The van der Waals surface area contributed by atoms with Crippen molar-refractivity contribution in [3.05, 3.63) is 81.7 Å². The summed E-state index contributed by atoms with van der Waals surface area (Å²) in [4.78, 5) is 19.8. The first-order chi connectivity index (χ1) is 16.0. The highest BCUT2D eigenvalue weighted by Crippen LogP contribution is 2.36. The minimum Gasteiger partial charge on any atom is -0.374 e. The maximum atomic E-state index is 14.3. The van der Waals surface area contributed by atoms with E-state index in [0.717, 1.165) is 47.4 Å². The lowest BCUT2D eigenvalue weighted by molar-refractivity contribution is 0.0991. The van der Waals surface area contributed by atoms with Crippen LogP contribution in [0.2, 0.25) is 5.02 Å². The van der Waals surface area contributed by atoms with Crippen molar-refractivity contribution >= 4 is 41.1 Å². The van der Waals surface area contributed by atoms with Crippen LogP contribution in [-0.4, -0.2) is 38.8 Å². The lowest BCUT2D eigenvalue weighted by Gasteiger charge is -2.28. The SMILES string of the molecule is O=c1cc(-c2cn(S)c3ncc(N4CC5CC4CO5)cc23)ccn1Cc1cccc(Cl)c1F. The van der Waals surface area contributed by atoms with E-state index in [1.54, 1.807) is 28.4 Å². The molecule has 0 radical (unpaired) electrons. The first-order valence-electron chi connectivity index (χ1n) is 10.7. The molecule has 1 aromatic carbocycles. The molecule has 2 unspecified atom stereocenters. The van der Waals surface area contributed by atoms with Crippen molar-refractivity contribution in [2.75, 3.05) is 18.1 Å². The van der Waals surface area contributed by atoms with Gasteiger partial charge in [-0.1, -0.05) is 36.5 Å². The first kappa shape index (κ1) is 20.8. The van der Waals surface area contributed by atoms with Gasteiger partial charge in [0.25, 0.3) is 5.56 Å². The Morgan fingerprint density at radius 3 is 2.91 bits per heavy atom. The van der Waals surface area contributed by atoms with Gasteiger partial charge in [-0.3, -0.25) is 8.77 Å². The summed E-state index contributed by atoms with van der Waals surface area (Å²) >= 11 is 10.4. The number of benzene rings is 1. The molecule has 2 aliphatic heterocycles. The zero-order valence-electron chi connectivity index (χ0n) is 17.5. The Morgan fingerprint density at radius 2 is 2.15 bits per heavy atom. The Kier molecular flexibility index (Phi) is 4.97. The van der Waals surface area contributed by atoms with Crippen molar-refractivity contribution in [2.24, 2.45) is 0 Å². The van der Waals surface area contributed by atoms with Crippen LogP contribution < -0.4 is 10.5 Å². The molecule has 9 heteroatoms. The minimum atomic E-state index is -0.507. The molecule has 0 amide bonds. The molecule has 0 N–H and O–H groups in total. The molecule has 2 fully saturated rings. The van der Waals surface area contributed by atoms with E-state index in [1.807, 2.05) is 18.5 Å². The third-order valence-corrected chi connectivity index (χ3v) is 7.12. The molecular formula is C24H20ClFN4O2S. The Morgan fingerprint density at radius 1 is 1.27 bits per heavy atom. The number of ether oxygens (including phenoxy) is 1. The number of pyridine rings is 2. The fraction of sp³-hybridized carbons (Fsp3) is 0.250. The molecule has 168 valence electrons. The number of rotatable bonds is 4. The third-order valence-electron chi connectivity index (χ3n) is 6.52. The van der Waals surface area contributed by atoms with Gasteiger partial charge in [-0.2, -0.15) is 0 Å². The van der Waals surface area contributed by atoms with Gasteiger partial charge in [-0.25, -0.2) is 9.37 Å². The fourth-order valence-corrected chi connectivity index (χ4v) is 5.31. The van der Waals surface area contributed by atoms with E-state index in [1.165, 1.54) is 10.6 Å². The van der Waals surface area contributed by atoms with Crippen molar-refractivity contribution in [3.63, 3.8) is 0 Å². The fourth-order valence-electron chi connectivity index (χ4n) is 4.84. The number of morpholine rings is 1. The Balaban J connectivity index is 1.37. The minimum absolute atomic E-state index is 0.0415. The number of aromatic nitrogens is 3. The first-order valence-corrected chi connectivity index (χ1v) is 11.5. The summed E-state index contributed by atoms with van der Waals surface area (Å²) in [7, 11) is 0. The summed E-state index contributed by atoms with van der Waals surface area (Å²) in [5, 5.41) is 0.962. The predicted molar refractivity (Wildman–Crippen MR) is 130 cm³/mol. The van der Waals surface area contributed by atoms with Crippen molar-refractivity contribution < 1.29 is 9.13 Å². The third kappa shape index (κ3) is 3.53. The summed E-state index contributed by atoms with van der Waals surface area (Å²) in [6.45, 7) is 1.71. The lowest BCUT2D eigenvalue weighted by atomic mass is 10.1. The molecule has 33 heavy (non-hydrogen) atoms. The van der Waals surface area contributed by atoms with E-state index < -0.39 is 5.82 Å². The highest BCUT2D eigenvalue weighted by atomic mass is 35.5. The topological polar surface area (TPSA) is 52.3 Å². The number of nitrogens with zero attached hydrogens (tertiary/aromatic N) is 4. The Labute approximate surface area is 199 Å². The largest absolute Gasteiger partial charge is 0.374 e. The van der Waals surface area contributed by atoms with Crippen LogP contribution in [0.4, 0.5) is 10.1 Å². The zero-order chi connectivity index (χ0) is 22.7. The van der Waals surface area contributed by atoms with Crippen molar-refractivity contribution in [2.45, 2.75) is 25.1 Å². The quantitative estimate of drug-likeness (QED) is 0.439. The molecule has 6 rings (SSSR count). The van der Waals surface area contributed by atoms with Gasteiger partial charge in [-0.05, 0) is 30.2 Å². The van der Waals surface area contributed by atoms with Gasteiger partial charge in [0.15, 0.2) is 5.65 Å². The highest BCUT2D eigenvalue weighted by molar-refractivity contribution is 7.78. The van der Waals surface area contributed by atoms with Gasteiger partial charge < -0.3 is 14.2 Å². The normalized spacial score (nSPS) is 19.7. The number of hydrogen-bond donors (Lipinski definition) is 1. The maximum Gasteiger partial charge on any atom is 0.251 e. The molecule has 0 saturated carbocycles. The maximum absolute atomic E-state index is 14.3. The van der Waals surface area contributed by atoms with E-state index in [4.69, 9.17) is 16.3 Å². The molecular weight excluding hydrogens is 463 g/mol. The predicted octanol–water partition coefficient (Wildman–Crippen LogP) is 4.38. The van der Waals surface area contributed by atoms with E-state index in [2.05, 4.69) is 28.8 Å². The van der Waals surface area contributed by atoms with Crippen LogP contribution in [0.1, 0.15) is 12.0 Å². The van der Waals surface area contributed by atoms with Gasteiger partial charge in [0.05, 0.1) is 42.2 Å². The summed E-state index contributed by atoms with van der Waals surface area (Å²) in [5.41, 5.74) is 3.53. The molecule has 0 aliphatic carbocycles. The van der Waals surface area contributed by atoms with Crippen molar-refractivity contribution in [3.8, 4) is 11.1 Å². The van der Waals surface area contributed by atoms with Crippen molar-refractivity contribution in [1.82, 2.24) is 13.5 Å². The van der Waals surface area contributed by atoms with Gasteiger partial charge in [0, 0.05) is 41.5 Å². The number of fused-ring (bicyclic) bond motifs is 3. The molecule has 2 bridgehead atoms. The van der Waals surface area contributed by atoms with Gasteiger partial charge >= 0.3 is 0 Å². The molecule has 5 heterocycles. The van der Waals surface area contributed by atoms with E-state index in [0.29, 0.717) is 11.6 Å². The second-order valence-corrected chi connectivity index (χ2v) is 9.38. The number of thiol groups is 1. The standard InChI is InChI=1S/C24H20ClFN4O2S/c25-21-3-1-2-15(23(21)26)10-28-5-4-14(6-22(28)31)20-12-30(33)24-19(20)8-16(9-27-24)29-11-18-7-17(29)13-32-18/h1-6,8-9,12,17-18,33H,7,10-11,13H2. The average molecular weight is 483 g/mol. The number of anilines is 1. The van der Waals surface area contributed by atoms with Crippen LogP contribution in [0.3, 0.4) is 0 Å². The van der Waals surface area contributed by atoms with Gasteiger partial charge in [0.2, 0.25) is 0 Å². The molecule has 2 saturated heterocycles. The van der Waals surface area contributed by atoms with Crippen LogP contribution in [0, 0.1) is 5.82 Å². The van der Waals surface area contributed by atoms with E-state index >= 15 is 0 Å². The molecule has 0 spiro atoms. The van der Waals surface area contributed by atoms with Gasteiger partial charge in [-0.15, -0.1) is 0 Å². The van der Waals surface area contributed by atoms with Crippen LogP contribution >= 0.6 is 24.4 Å². The summed E-state index contributed by atoms with van der Waals surface area (Å²) in [5.74, 6) is -0.507. The second kappa shape index (κ2) is 7.90. The van der Waals surface area contributed by atoms with Crippen LogP contribution in [0.5, 0.6) is 0 Å². The van der Waals surface area contributed by atoms with E-state index in [9.17, 15) is 9.18 Å². The lowest BCUT2D eigenvalue weighted by Crippen LogP contribution is -2.36. The molecule has 2 aliphatic rings. The second-order valence-electron chi connectivity index (χ2n) is 8.54. The summed E-state index contributed by atoms with van der Waals surface area (Å²) < 4.78 is 23.1. The zero-order valence-corrected chi connectivity index (χ0v) is 19.1. The Bertz CT molecular complexity index is 1450. The Hall–Kier alpha value is -2.81. The number of hydrogen-bond acceptors (Lipinski definition) is 5. The average Bonchev–Trinajstić information content (AvgIpc) is 3.53. The molecule has 2 atom stereocenters. The molecule has 3 aromatic heterocycles. The summed E-state index contributed by atoms with van der Waals surface area (Å²) in [6, 6.07) is 10.7. The monoisotopic (exact) mass is 482 g/mol. The smallest absolute Gasteiger partial charge is 0.251 e. The highest BCUT2D eigenvalue weighted by Gasteiger charge is 2.39. The van der Waals surface area contributed by atoms with Crippen LogP contribution in [0.25, 0.3) is 22.2 Å². The van der Waals surface area contributed by atoms with Crippen molar-refractivity contribution in [1.29, 1.82) is 0 Å². The summed E-state index contributed by atoms with van der Waals surface area (Å²) in [6.07, 6.45) is 6.74. The van der Waals surface area contributed by atoms with Gasteiger partial charge in [0.1, 0.15) is 5.82 Å². The number of halogens is 2.